The molecule has 1 amide bonds. The van der Waals surface area contributed by atoms with Gasteiger partial charge in [0.25, 0.3) is 0 Å². The Kier molecular flexibility index (Phi) is 5.61. The molecule has 1 aromatic heterocycles. The van der Waals surface area contributed by atoms with E-state index in [0.717, 1.165) is 49.4 Å². The van der Waals surface area contributed by atoms with Crippen LogP contribution in [0.1, 0.15) is 24.0 Å². The lowest BCUT2D eigenvalue weighted by Crippen LogP contribution is -2.38. The van der Waals surface area contributed by atoms with E-state index in [1.54, 1.807) is 18.6 Å². The highest BCUT2D eigenvalue weighted by atomic mass is 16.1. The van der Waals surface area contributed by atoms with E-state index in [9.17, 15) is 4.79 Å². The summed E-state index contributed by atoms with van der Waals surface area (Å²) < 4.78 is 0. The van der Waals surface area contributed by atoms with E-state index < -0.39 is 0 Å². The van der Waals surface area contributed by atoms with E-state index >= 15 is 0 Å². The second-order valence-electron chi connectivity index (χ2n) is 7.13. The monoisotopic (exact) mass is 372 g/mol. The van der Waals surface area contributed by atoms with Crippen molar-refractivity contribution in [1.29, 1.82) is 0 Å². The maximum absolute atomic E-state index is 12.9. The zero-order valence-electron chi connectivity index (χ0n) is 15.8. The molecule has 0 aliphatic carbocycles. The number of piperidine rings is 1. The van der Waals surface area contributed by atoms with Gasteiger partial charge in [0.15, 0.2) is 0 Å². The topological polar surface area (TPSA) is 58.1 Å². The van der Waals surface area contributed by atoms with Crippen molar-refractivity contribution in [2.24, 2.45) is 5.92 Å². The lowest BCUT2D eigenvalue weighted by Gasteiger charge is -2.32. The van der Waals surface area contributed by atoms with Crippen LogP contribution in [0.15, 0.2) is 73.2 Å². The number of hydrogen-bond acceptors (Lipinski definition) is 4. The average Bonchev–Trinajstić information content (AvgIpc) is 2.76. The Bertz CT molecular complexity index is 906. The third kappa shape index (κ3) is 4.36. The largest absolute Gasteiger partial charge is 0.355 e. The van der Waals surface area contributed by atoms with E-state index in [0.29, 0.717) is 0 Å². The van der Waals surface area contributed by atoms with Crippen LogP contribution in [0.2, 0.25) is 0 Å². The number of aromatic nitrogens is 2. The Morgan fingerprint density at radius 1 is 1.00 bits per heavy atom. The van der Waals surface area contributed by atoms with Crippen LogP contribution in [0.5, 0.6) is 0 Å². The van der Waals surface area contributed by atoms with Gasteiger partial charge in [0.05, 0.1) is 6.20 Å². The first-order valence-corrected chi connectivity index (χ1v) is 9.73. The summed E-state index contributed by atoms with van der Waals surface area (Å²) in [6, 6.07) is 18.4. The molecule has 0 saturated carbocycles. The SMILES string of the molecule is O=C(Nc1ccccc1Cc1ccccc1)C1CCN(c2cnccn2)CC1. The smallest absolute Gasteiger partial charge is 0.227 e. The minimum Gasteiger partial charge on any atom is -0.355 e. The third-order valence-electron chi connectivity index (χ3n) is 5.25. The molecule has 3 aromatic rings. The van der Waals surface area contributed by atoms with Gasteiger partial charge in [-0.3, -0.25) is 9.78 Å². The van der Waals surface area contributed by atoms with Crippen LogP contribution in [0.25, 0.3) is 0 Å². The maximum atomic E-state index is 12.9. The van der Waals surface area contributed by atoms with Crippen molar-refractivity contribution in [2.75, 3.05) is 23.3 Å². The summed E-state index contributed by atoms with van der Waals surface area (Å²) >= 11 is 0. The Morgan fingerprint density at radius 3 is 2.50 bits per heavy atom. The molecule has 1 aliphatic heterocycles. The molecule has 1 saturated heterocycles. The third-order valence-corrected chi connectivity index (χ3v) is 5.25. The summed E-state index contributed by atoms with van der Waals surface area (Å²) in [6.45, 7) is 1.64. The number of benzene rings is 2. The molecule has 2 heterocycles. The fourth-order valence-corrected chi connectivity index (χ4v) is 3.67. The first-order valence-electron chi connectivity index (χ1n) is 9.73. The van der Waals surface area contributed by atoms with Crippen LogP contribution in [0, 0.1) is 5.92 Å². The molecular weight excluding hydrogens is 348 g/mol. The van der Waals surface area contributed by atoms with Crippen LogP contribution in [0.4, 0.5) is 11.5 Å². The van der Waals surface area contributed by atoms with Crippen LogP contribution in [-0.2, 0) is 11.2 Å². The number of nitrogens with one attached hydrogen (secondary N) is 1. The van der Waals surface area contributed by atoms with Crippen molar-refractivity contribution in [3.8, 4) is 0 Å². The van der Waals surface area contributed by atoms with Crippen molar-refractivity contribution in [3.63, 3.8) is 0 Å². The summed E-state index contributed by atoms with van der Waals surface area (Å²) in [4.78, 5) is 23.5. The molecule has 4 rings (SSSR count). The van der Waals surface area contributed by atoms with Gasteiger partial charge in [-0.25, -0.2) is 4.98 Å². The number of anilines is 2. The molecule has 5 heteroatoms. The van der Waals surface area contributed by atoms with E-state index in [1.807, 2.05) is 36.4 Å². The molecule has 5 nitrogen and oxygen atoms in total. The summed E-state index contributed by atoms with van der Waals surface area (Å²) in [5.41, 5.74) is 3.29. The van der Waals surface area contributed by atoms with E-state index in [4.69, 9.17) is 0 Å². The Labute approximate surface area is 165 Å². The highest BCUT2D eigenvalue weighted by molar-refractivity contribution is 5.93. The number of carbonyl (C=O) groups is 1. The number of para-hydroxylation sites is 1. The molecule has 28 heavy (non-hydrogen) atoms. The first-order chi connectivity index (χ1) is 13.8. The summed E-state index contributed by atoms with van der Waals surface area (Å²) in [6.07, 6.45) is 7.61. The highest BCUT2D eigenvalue weighted by Gasteiger charge is 2.26. The summed E-state index contributed by atoms with van der Waals surface area (Å²) in [5.74, 6) is 1.02. The van der Waals surface area contributed by atoms with Gasteiger partial charge in [-0.15, -0.1) is 0 Å². The zero-order valence-corrected chi connectivity index (χ0v) is 15.8. The van der Waals surface area contributed by atoms with Crippen molar-refractivity contribution in [1.82, 2.24) is 9.97 Å². The Balaban J connectivity index is 1.38. The average molecular weight is 372 g/mol. The van der Waals surface area contributed by atoms with Gasteiger partial charge >= 0.3 is 0 Å². The van der Waals surface area contributed by atoms with Crippen LogP contribution in [-0.4, -0.2) is 29.0 Å². The molecule has 1 aliphatic rings. The van der Waals surface area contributed by atoms with Crippen molar-refractivity contribution in [3.05, 3.63) is 84.3 Å². The van der Waals surface area contributed by atoms with Gasteiger partial charge in [0.2, 0.25) is 5.91 Å². The van der Waals surface area contributed by atoms with Gasteiger partial charge < -0.3 is 10.2 Å². The van der Waals surface area contributed by atoms with Gasteiger partial charge in [0.1, 0.15) is 5.82 Å². The minimum atomic E-state index is 0.0257. The quantitative estimate of drug-likeness (QED) is 0.737. The molecule has 1 fully saturated rings. The molecular formula is C23H24N4O. The van der Waals surface area contributed by atoms with Crippen LogP contribution >= 0.6 is 0 Å². The van der Waals surface area contributed by atoms with Gasteiger partial charge in [-0.05, 0) is 36.5 Å². The van der Waals surface area contributed by atoms with E-state index in [1.165, 1.54) is 5.56 Å². The van der Waals surface area contributed by atoms with Crippen molar-refractivity contribution >= 4 is 17.4 Å². The lowest BCUT2D eigenvalue weighted by molar-refractivity contribution is -0.120. The molecule has 2 aromatic carbocycles. The van der Waals surface area contributed by atoms with Gasteiger partial charge in [-0.1, -0.05) is 48.5 Å². The number of nitrogens with zero attached hydrogens (tertiary/aromatic N) is 3. The Hall–Kier alpha value is -3.21. The Morgan fingerprint density at radius 2 is 1.75 bits per heavy atom. The number of rotatable bonds is 5. The van der Waals surface area contributed by atoms with Gasteiger partial charge in [-0.2, -0.15) is 0 Å². The molecule has 0 bridgehead atoms. The van der Waals surface area contributed by atoms with Crippen LogP contribution < -0.4 is 10.2 Å². The normalized spacial score (nSPS) is 14.6. The fourth-order valence-electron chi connectivity index (χ4n) is 3.67. The molecule has 0 atom stereocenters. The predicted octanol–water partition coefficient (Wildman–Crippen LogP) is 3.92. The lowest BCUT2D eigenvalue weighted by atomic mass is 9.95. The molecule has 0 unspecified atom stereocenters. The van der Waals surface area contributed by atoms with Crippen molar-refractivity contribution in [2.45, 2.75) is 19.3 Å². The molecule has 1 N–H and O–H groups in total. The highest BCUT2D eigenvalue weighted by Crippen LogP contribution is 2.24. The van der Waals surface area contributed by atoms with Crippen LogP contribution in [0.3, 0.4) is 0 Å². The zero-order chi connectivity index (χ0) is 19.2. The predicted molar refractivity (Wildman–Crippen MR) is 111 cm³/mol. The standard InChI is InChI=1S/C23H24N4O/c28-23(19-10-14-27(15-11-19)22-17-24-12-13-25-22)26-21-9-5-4-8-20(21)16-18-6-2-1-3-7-18/h1-9,12-13,17,19H,10-11,14-16H2,(H,26,28). The number of amides is 1. The van der Waals surface area contributed by atoms with E-state index in [-0.39, 0.29) is 11.8 Å². The minimum absolute atomic E-state index is 0.0257. The van der Waals surface area contributed by atoms with Gasteiger partial charge in [0, 0.05) is 37.1 Å². The number of carbonyl (C=O) groups excluding carboxylic acids is 1. The summed E-state index contributed by atoms with van der Waals surface area (Å²) in [5, 5.41) is 3.17. The second kappa shape index (κ2) is 8.65. The molecule has 0 radical (unpaired) electrons. The number of hydrogen-bond donors (Lipinski definition) is 1. The molecule has 142 valence electrons. The van der Waals surface area contributed by atoms with E-state index in [2.05, 4.69) is 38.4 Å². The fraction of sp³-hybridized carbons (Fsp3) is 0.261. The summed E-state index contributed by atoms with van der Waals surface area (Å²) in [7, 11) is 0. The molecule has 0 spiro atoms. The second-order valence-corrected chi connectivity index (χ2v) is 7.13. The van der Waals surface area contributed by atoms with Crippen molar-refractivity contribution < 1.29 is 4.79 Å². The maximum Gasteiger partial charge on any atom is 0.227 e. The first kappa shape index (κ1) is 18.2.